The smallest absolute Gasteiger partial charge is 0.244 e. The van der Waals surface area contributed by atoms with E-state index in [1.165, 1.54) is 6.07 Å². The summed E-state index contributed by atoms with van der Waals surface area (Å²) >= 11 is 0. The molecule has 1 N–H and O–H groups in total. The van der Waals surface area contributed by atoms with Gasteiger partial charge in [-0.3, -0.25) is 9.59 Å². The van der Waals surface area contributed by atoms with E-state index >= 15 is 0 Å². The van der Waals surface area contributed by atoms with Crippen LogP contribution in [0.1, 0.15) is 12.8 Å². The molecule has 2 heterocycles. The van der Waals surface area contributed by atoms with E-state index in [0.29, 0.717) is 27.5 Å². The second kappa shape index (κ2) is 7.87. The first-order valence-electron chi connectivity index (χ1n) is 10.5. The molecule has 0 aliphatic carbocycles. The topological polar surface area (TPSA) is 54.3 Å². The zero-order valence-corrected chi connectivity index (χ0v) is 17.0. The van der Waals surface area contributed by atoms with Crippen LogP contribution in [0.25, 0.3) is 21.8 Å². The Kier molecular flexibility index (Phi) is 4.90. The second-order valence-corrected chi connectivity index (χ2v) is 7.83. The van der Waals surface area contributed by atoms with Crippen LogP contribution >= 0.6 is 0 Å². The fraction of sp³-hybridized carbons (Fsp3) is 0.200. The number of aromatic nitrogens is 1. The summed E-state index contributed by atoms with van der Waals surface area (Å²) in [6, 6.07) is 19.4. The minimum Gasteiger partial charge on any atom is -0.370 e. The van der Waals surface area contributed by atoms with Gasteiger partial charge in [-0.15, -0.1) is 0 Å². The largest absolute Gasteiger partial charge is 0.370 e. The van der Waals surface area contributed by atoms with E-state index in [4.69, 9.17) is 0 Å². The van der Waals surface area contributed by atoms with E-state index < -0.39 is 5.82 Å². The third-order valence-corrected chi connectivity index (χ3v) is 5.88. The number of anilines is 2. The van der Waals surface area contributed by atoms with Gasteiger partial charge in [-0.1, -0.05) is 30.3 Å². The molecule has 6 heteroatoms. The van der Waals surface area contributed by atoms with Crippen molar-refractivity contribution < 1.29 is 9.18 Å². The monoisotopic (exact) mass is 415 g/mol. The third-order valence-electron chi connectivity index (χ3n) is 5.88. The van der Waals surface area contributed by atoms with Crippen molar-refractivity contribution in [2.45, 2.75) is 19.4 Å². The van der Waals surface area contributed by atoms with Gasteiger partial charge in [0.25, 0.3) is 0 Å². The van der Waals surface area contributed by atoms with Crippen molar-refractivity contribution in [3.63, 3.8) is 0 Å². The third kappa shape index (κ3) is 3.44. The number of fused-ring (bicyclic) bond motifs is 2. The van der Waals surface area contributed by atoms with Crippen LogP contribution in [0.2, 0.25) is 0 Å². The fourth-order valence-electron chi connectivity index (χ4n) is 4.43. The van der Waals surface area contributed by atoms with Crippen molar-refractivity contribution in [1.82, 2.24) is 4.57 Å². The number of carbonyl (C=O) groups is 1. The van der Waals surface area contributed by atoms with Gasteiger partial charge in [0.05, 0.1) is 16.7 Å². The van der Waals surface area contributed by atoms with E-state index in [0.717, 1.165) is 25.9 Å². The Balaban J connectivity index is 1.55. The van der Waals surface area contributed by atoms with E-state index in [-0.39, 0.29) is 23.6 Å². The van der Waals surface area contributed by atoms with Crippen molar-refractivity contribution >= 4 is 39.1 Å². The van der Waals surface area contributed by atoms with Gasteiger partial charge in [0.2, 0.25) is 5.91 Å². The lowest BCUT2D eigenvalue weighted by Crippen LogP contribution is -2.25. The zero-order valence-electron chi connectivity index (χ0n) is 17.0. The van der Waals surface area contributed by atoms with Gasteiger partial charge in [-0.2, -0.15) is 0 Å². The highest BCUT2D eigenvalue weighted by molar-refractivity contribution is 5.98. The van der Waals surface area contributed by atoms with E-state index in [1.807, 2.05) is 47.0 Å². The predicted octanol–water partition coefficient (Wildman–Crippen LogP) is 4.53. The molecule has 5 nitrogen and oxygen atoms in total. The first-order valence-corrected chi connectivity index (χ1v) is 10.5. The molecule has 31 heavy (non-hydrogen) atoms. The molecule has 1 aromatic heterocycles. The van der Waals surface area contributed by atoms with Crippen molar-refractivity contribution in [3.8, 4) is 0 Å². The number of para-hydroxylation sites is 3. The summed E-state index contributed by atoms with van der Waals surface area (Å²) in [4.78, 5) is 28.1. The summed E-state index contributed by atoms with van der Waals surface area (Å²) in [5.74, 6) is -0.795. The van der Waals surface area contributed by atoms with Crippen LogP contribution in [0.15, 0.2) is 71.5 Å². The lowest BCUT2D eigenvalue weighted by atomic mass is 10.1. The Labute approximate surface area is 178 Å². The lowest BCUT2D eigenvalue weighted by Gasteiger charge is -2.22. The summed E-state index contributed by atoms with van der Waals surface area (Å²) in [7, 11) is 0. The molecular weight excluding hydrogens is 393 g/mol. The number of nitrogens with zero attached hydrogens (tertiary/aromatic N) is 2. The number of benzene rings is 3. The summed E-state index contributed by atoms with van der Waals surface area (Å²) in [5, 5.41) is 3.90. The Bertz CT molecular complexity index is 1300. The van der Waals surface area contributed by atoms with Crippen LogP contribution < -0.4 is 15.6 Å². The van der Waals surface area contributed by atoms with Gasteiger partial charge in [0.1, 0.15) is 18.0 Å². The van der Waals surface area contributed by atoms with E-state index in [1.54, 1.807) is 18.2 Å². The molecule has 0 unspecified atom stereocenters. The van der Waals surface area contributed by atoms with Crippen LogP contribution in [0.5, 0.6) is 0 Å². The second-order valence-electron chi connectivity index (χ2n) is 7.83. The molecule has 1 fully saturated rings. The van der Waals surface area contributed by atoms with Crippen molar-refractivity contribution in [2.75, 3.05) is 23.3 Å². The number of hydrogen-bond acceptors (Lipinski definition) is 3. The van der Waals surface area contributed by atoms with E-state index in [2.05, 4.69) is 10.2 Å². The number of hydrogen-bond donors (Lipinski definition) is 1. The van der Waals surface area contributed by atoms with Gasteiger partial charge in [-0.25, -0.2) is 4.39 Å². The van der Waals surface area contributed by atoms with Gasteiger partial charge in [-0.05, 0) is 49.2 Å². The first kappa shape index (κ1) is 19.3. The molecule has 0 saturated carbocycles. The minimum absolute atomic E-state index is 0.0327. The molecule has 5 rings (SSSR count). The first-order chi connectivity index (χ1) is 15.1. The number of rotatable bonds is 4. The standard InChI is InChI=1S/C25H22FN3O2/c26-19-10-7-13-22(28-14-5-6-15-28)24(19)27-23(30)16-29-20-11-3-1-8-17(20)25(31)18-9-2-4-12-21(18)29/h1-4,7-13H,5-6,14-16H2,(H,27,30). The SMILES string of the molecule is O=C(Cn1c2ccccc2c(=O)c2ccccc21)Nc1c(F)cccc1N1CCCC1. The molecule has 0 bridgehead atoms. The maximum atomic E-state index is 14.7. The summed E-state index contributed by atoms with van der Waals surface area (Å²) in [5.41, 5.74) is 2.21. The number of carbonyl (C=O) groups excluding carboxylic acids is 1. The van der Waals surface area contributed by atoms with Crippen molar-refractivity contribution in [1.29, 1.82) is 0 Å². The zero-order chi connectivity index (χ0) is 21.4. The highest BCUT2D eigenvalue weighted by Crippen LogP contribution is 2.31. The Morgan fingerprint density at radius 2 is 1.48 bits per heavy atom. The Morgan fingerprint density at radius 3 is 2.13 bits per heavy atom. The average Bonchev–Trinajstić information content (AvgIpc) is 3.33. The van der Waals surface area contributed by atoms with Gasteiger partial charge >= 0.3 is 0 Å². The molecule has 1 aliphatic rings. The highest BCUT2D eigenvalue weighted by Gasteiger charge is 2.20. The molecule has 4 aromatic rings. The fourth-order valence-corrected chi connectivity index (χ4v) is 4.43. The normalized spacial score (nSPS) is 13.8. The molecular formula is C25H22FN3O2. The molecule has 1 amide bonds. The van der Waals surface area contributed by atoms with Crippen molar-refractivity contribution in [2.24, 2.45) is 0 Å². The van der Waals surface area contributed by atoms with Crippen LogP contribution in [0.3, 0.4) is 0 Å². The van der Waals surface area contributed by atoms with Gasteiger partial charge in [0.15, 0.2) is 5.43 Å². The van der Waals surface area contributed by atoms with Gasteiger partial charge < -0.3 is 14.8 Å². The molecule has 0 radical (unpaired) electrons. The average molecular weight is 415 g/mol. The molecule has 0 atom stereocenters. The molecule has 3 aromatic carbocycles. The molecule has 1 saturated heterocycles. The van der Waals surface area contributed by atoms with Crippen LogP contribution in [-0.4, -0.2) is 23.6 Å². The molecule has 0 spiro atoms. The highest BCUT2D eigenvalue weighted by atomic mass is 19.1. The maximum absolute atomic E-state index is 14.7. The maximum Gasteiger partial charge on any atom is 0.244 e. The van der Waals surface area contributed by atoms with E-state index in [9.17, 15) is 14.0 Å². The van der Waals surface area contributed by atoms with Gasteiger partial charge in [0, 0.05) is 23.9 Å². The predicted molar refractivity (Wildman–Crippen MR) is 122 cm³/mol. The minimum atomic E-state index is -0.452. The lowest BCUT2D eigenvalue weighted by molar-refractivity contribution is -0.116. The molecule has 1 aliphatic heterocycles. The van der Waals surface area contributed by atoms with Crippen LogP contribution in [-0.2, 0) is 11.3 Å². The Hall–Kier alpha value is -3.67. The quantitative estimate of drug-likeness (QED) is 0.498. The van der Waals surface area contributed by atoms with Crippen LogP contribution in [0, 0.1) is 5.82 Å². The molecule has 156 valence electrons. The Morgan fingerprint density at radius 1 is 0.871 bits per heavy atom. The number of amides is 1. The number of nitrogens with one attached hydrogen (secondary N) is 1. The number of pyridine rings is 1. The number of halogens is 1. The van der Waals surface area contributed by atoms with Crippen LogP contribution in [0.4, 0.5) is 15.8 Å². The summed E-state index contributed by atoms with van der Waals surface area (Å²) in [6.07, 6.45) is 2.11. The van der Waals surface area contributed by atoms with Crippen molar-refractivity contribution in [3.05, 3.63) is 82.8 Å². The summed E-state index contributed by atoms with van der Waals surface area (Å²) < 4.78 is 16.5. The summed E-state index contributed by atoms with van der Waals surface area (Å²) in [6.45, 7) is 1.66.